The maximum absolute atomic E-state index is 12.1. The average Bonchev–Trinajstić information content (AvgIpc) is 3.19. The van der Waals surface area contributed by atoms with Gasteiger partial charge in [-0.25, -0.2) is 0 Å². The fourth-order valence-corrected chi connectivity index (χ4v) is 2.68. The van der Waals surface area contributed by atoms with Gasteiger partial charge < -0.3 is 10.4 Å². The van der Waals surface area contributed by atoms with Crippen molar-refractivity contribution >= 4 is 17.6 Å². The summed E-state index contributed by atoms with van der Waals surface area (Å²) in [6, 6.07) is 2.08. The summed E-state index contributed by atoms with van der Waals surface area (Å²) >= 11 is 0. The first-order valence-electron chi connectivity index (χ1n) is 7.22. The van der Waals surface area contributed by atoms with Gasteiger partial charge in [0.25, 0.3) is 5.91 Å². The first-order chi connectivity index (χ1) is 10.6. The van der Waals surface area contributed by atoms with E-state index in [1.807, 2.05) is 10.9 Å². The minimum absolute atomic E-state index is 0.244. The van der Waals surface area contributed by atoms with Crippen molar-refractivity contribution in [3.63, 3.8) is 0 Å². The summed E-state index contributed by atoms with van der Waals surface area (Å²) in [4.78, 5) is 22.7. The highest BCUT2D eigenvalue weighted by Gasteiger charge is 2.19. The van der Waals surface area contributed by atoms with Crippen LogP contribution in [0.4, 0.5) is 5.69 Å². The quantitative estimate of drug-likeness (QED) is 0.872. The molecule has 1 amide bonds. The number of aromatic nitrogens is 4. The Kier molecular flexibility index (Phi) is 3.90. The van der Waals surface area contributed by atoms with Gasteiger partial charge in [0.05, 0.1) is 17.9 Å². The van der Waals surface area contributed by atoms with E-state index in [1.165, 1.54) is 29.9 Å². The molecule has 8 heteroatoms. The molecular weight excluding hydrogens is 286 g/mol. The van der Waals surface area contributed by atoms with E-state index in [1.54, 1.807) is 6.07 Å². The minimum Gasteiger partial charge on any atom is -0.480 e. The lowest BCUT2D eigenvalue weighted by Gasteiger charge is -2.08. The minimum atomic E-state index is -0.990. The SMILES string of the molecule is O=C(O)Cn1cc(NC(=O)c2ccn(C3CCCC3)n2)cn1. The first-order valence-corrected chi connectivity index (χ1v) is 7.22. The van der Waals surface area contributed by atoms with Crippen LogP contribution in [-0.4, -0.2) is 36.5 Å². The summed E-state index contributed by atoms with van der Waals surface area (Å²) in [5.74, 6) is -1.32. The molecule has 0 bridgehead atoms. The number of anilines is 1. The van der Waals surface area contributed by atoms with Crippen LogP contribution in [0.3, 0.4) is 0 Å². The molecule has 2 aromatic rings. The molecule has 1 fully saturated rings. The van der Waals surface area contributed by atoms with E-state index in [2.05, 4.69) is 15.5 Å². The molecule has 2 aromatic heterocycles. The second-order valence-electron chi connectivity index (χ2n) is 5.39. The maximum atomic E-state index is 12.1. The maximum Gasteiger partial charge on any atom is 0.325 e. The highest BCUT2D eigenvalue weighted by molar-refractivity contribution is 6.02. The Morgan fingerprint density at radius 2 is 2.14 bits per heavy atom. The Morgan fingerprint density at radius 3 is 2.86 bits per heavy atom. The zero-order chi connectivity index (χ0) is 15.5. The van der Waals surface area contributed by atoms with E-state index in [4.69, 9.17) is 5.11 Å². The third-order valence-electron chi connectivity index (χ3n) is 3.73. The van der Waals surface area contributed by atoms with Gasteiger partial charge in [0.15, 0.2) is 5.69 Å². The van der Waals surface area contributed by atoms with Crippen molar-refractivity contribution in [2.45, 2.75) is 38.3 Å². The van der Waals surface area contributed by atoms with Crippen molar-refractivity contribution in [1.82, 2.24) is 19.6 Å². The topological polar surface area (TPSA) is 102 Å². The van der Waals surface area contributed by atoms with Gasteiger partial charge in [-0.05, 0) is 18.9 Å². The fourth-order valence-electron chi connectivity index (χ4n) is 2.68. The van der Waals surface area contributed by atoms with Gasteiger partial charge in [0, 0.05) is 12.4 Å². The van der Waals surface area contributed by atoms with E-state index in [9.17, 15) is 9.59 Å². The number of carbonyl (C=O) groups excluding carboxylic acids is 1. The molecule has 2 N–H and O–H groups in total. The first kappa shape index (κ1) is 14.3. The number of hydrogen-bond donors (Lipinski definition) is 2. The van der Waals surface area contributed by atoms with Crippen LogP contribution < -0.4 is 5.32 Å². The van der Waals surface area contributed by atoms with Crippen molar-refractivity contribution in [2.24, 2.45) is 0 Å². The zero-order valence-electron chi connectivity index (χ0n) is 12.0. The molecule has 8 nitrogen and oxygen atoms in total. The van der Waals surface area contributed by atoms with Crippen LogP contribution in [0.2, 0.25) is 0 Å². The third kappa shape index (κ3) is 3.16. The van der Waals surface area contributed by atoms with Crippen molar-refractivity contribution in [3.8, 4) is 0 Å². The largest absolute Gasteiger partial charge is 0.480 e. The highest BCUT2D eigenvalue weighted by atomic mass is 16.4. The second kappa shape index (κ2) is 6.00. The Labute approximate surface area is 126 Å². The Morgan fingerprint density at radius 1 is 1.36 bits per heavy atom. The van der Waals surface area contributed by atoms with Crippen molar-refractivity contribution in [1.29, 1.82) is 0 Å². The van der Waals surface area contributed by atoms with Crippen LogP contribution >= 0.6 is 0 Å². The highest BCUT2D eigenvalue weighted by Crippen LogP contribution is 2.28. The molecular formula is C14H17N5O3. The molecule has 3 rings (SSSR count). The molecule has 0 atom stereocenters. The van der Waals surface area contributed by atoms with E-state index < -0.39 is 5.97 Å². The predicted octanol–water partition coefficient (Wildman–Crippen LogP) is 1.53. The molecule has 2 heterocycles. The summed E-state index contributed by atoms with van der Waals surface area (Å²) in [6.45, 7) is -0.244. The van der Waals surface area contributed by atoms with Crippen LogP contribution in [0, 0.1) is 0 Å². The van der Waals surface area contributed by atoms with Gasteiger partial charge in [-0.3, -0.25) is 19.0 Å². The van der Waals surface area contributed by atoms with Gasteiger partial charge in [-0.1, -0.05) is 12.8 Å². The van der Waals surface area contributed by atoms with Crippen LogP contribution in [0.5, 0.6) is 0 Å². The number of nitrogens with one attached hydrogen (secondary N) is 1. The van der Waals surface area contributed by atoms with E-state index >= 15 is 0 Å². The number of nitrogens with zero attached hydrogens (tertiary/aromatic N) is 4. The Hall–Kier alpha value is -2.64. The predicted molar refractivity (Wildman–Crippen MR) is 77.5 cm³/mol. The summed E-state index contributed by atoms with van der Waals surface area (Å²) in [5.41, 5.74) is 0.791. The summed E-state index contributed by atoms with van der Waals surface area (Å²) in [7, 11) is 0. The van der Waals surface area contributed by atoms with Crippen LogP contribution in [-0.2, 0) is 11.3 Å². The molecule has 116 valence electrons. The van der Waals surface area contributed by atoms with Crippen molar-refractivity contribution < 1.29 is 14.7 Å². The molecule has 1 aliphatic rings. The molecule has 22 heavy (non-hydrogen) atoms. The summed E-state index contributed by atoms with van der Waals surface area (Å²) in [5, 5.41) is 19.5. The number of carboxylic acid groups (broad SMARTS) is 1. The normalized spacial score (nSPS) is 15.1. The second-order valence-corrected chi connectivity index (χ2v) is 5.39. The van der Waals surface area contributed by atoms with E-state index in [0.29, 0.717) is 17.4 Å². The third-order valence-corrected chi connectivity index (χ3v) is 3.73. The zero-order valence-corrected chi connectivity index (χ0v) is 12.0. The summed E-state index contributed by atoms with van der Waals surface area (Å²) in [6.07, 6.45) is 9.33. The molecule has 1 saturated carbocycles. The van der Waals surface area contributed by atoms with E-state index in [0.717, 1.165) is 12.8 Å². The molecule has 0 spiro atoms. The van der Waals surface area contributed by atoms with Gasteiger partial charge in [-0.2, -0.15) is 10.2 Å². The van der Waals surface area contributed by atoms with Gasteiger partial charge in [-0.15, -0.1) is 0 Å². The van der Waals surface area contributed by atoms with Crippen LogP contribution in [0.1, 0.15) is 42.2 Å². The van der Waals surface area contributed by atoms with Crippen molar-refractivity contribution in [2.75, 3.05) is 5.32 Å². The Bertz CT molecular complexity index is 684. The lowest BCUT2D eigenvalue weighted by Crippen LogP contribution is -2.14. The van der Waals surface area contributed by atoms with Gasteiger partial charge in [0.2, 0.25) is 0 Å². The molecule has 0 aliphatic heterocycles. The molecule has 0 radical (unpaired) electrons. The number of amides is 1. The monoisotopic (exact) mass is 303 g/mol. The van der Waals surface area contributed by atoms with Gasteiger partial charge >= 0.3 is 5.97 Å². The molecule has 1 aliphatic carbocycles. The van der Waals surface area contributed by atoms with Gasteiger partial charge in [0.1, 0.15) is 6.54 Å². The smallest absolute Gasteiger partial charge is 0.325 e. The van der Waals surface area contributed by atoms with E-state index in [-0.39, 0.29) is 12.5 Å². The number of aliphatic carboxylic acids is 1. The lowest BCUT2D eigenvalue weighted by molar-refractivity contribution is -0.137. The fraction of sp³-hybridized carbons (Fsp3) is 0.429. The molecule has 0 aromatic carbocycles. The number of hydrogen-bond acceptors (Lipinski definition) is 4. The van der Waals surface area contributed by atoms with Crippen LogP contribution in [0.15, 0.2) is 24.7 Å². The van der Waals surface area contributed by atoms with Crippen molar-refractivity contribution in [3.05, 3.63) is 30.4 Å². The lowest BCUT2D eigenvalue weighted by atomic mass is 10.3. The average molecular weight is 303 g/mol. The standard InChI is InChI=1S/C14H17N5O3/c20-13(21)9-18-8-10(7-15-18)16-14(22)12-5-6-19(17-12)11-3-1-2-4-11/h5-8,11H,1-4,9H2,(H,16,22)(H,20,21). The van der Waals surface area contributed by atoms with Crippen LogP contribution in [0.25, 0.3) is 0 Å². The molecule has 0 unspecified atom stereocenters. The number of rotatable bonds is 5. The number of carboxylic acids is 1. The molecule has 0 saturated heterocycles. The summed E-state index contributed by atoms with van der Waals surface area (Å²) < 4.78 is 3.10. The number of carbonyl (C=O) groups is 2. The Balaban J connectivity index is 1.64.